The Morgan fingerprint density at radius 2 is 2.00 bits per heavy atom. The first-order valence-corrected chi connectivity index (χ1v) is 7.82. The lowest BCUT2D eigenvalue weighted by Gasteiger charge is -2.31. The molecule has 2 rings (SSSR count). The van der Waals surface area contributed by atoms with Gasteiger partial charge in [0.2, 0.25) is 0 Å². The van der Waals surface area contributed by atoms with Gasteiger partial charge in [-0.1, -0.05) is 23.2 Å². The van der Waals surface area contributed by atoms with Crippen molar-refractivity contribution in [3.63, 3.8) is 0 Å². The molecule has 6 heteroatoms. The maximum Gasteiger partial charge on any atom is 0.255 e. The van der Waals surface area contributed by atoms with Crippen molar-refractivity contribution in [3.05, 3.63) is 27.7 Å². The molecule has 0 aromatic heterocycles. The van der Waals surface area contributed by atoms with Gasteiger partial charge in [-0.2, -0.15) is 0 Å². The SMILES string of the molecule is CN1CCC(CN(C)C(=O)c2cc(N)cc(Cl)c2Cl)CC1. The largest absolute Gasteiger partial charge is 0.399 e. The molecule has 0 aliphatic carbocycles. The molecule has 1 fully saturated rings. The van der Waals surface area contributed by atoms with Gasteiger partial charge in [-0.15, -0.1) is 0 Å². The normalized spacial score (nSPS) is 17.0. The number of hydrogen-bond donors (Lipinski definition) is 1. The molecular weight excluding hydrogens is 309 g/mol. The second-order valence-electron chi connectivity index (χ2n) is 5.80. The van der Waals surface area contributed by atoms with Gasteiger partial charge in [0.25, 0.3) is 5.91 Å². The number of nitrogens with zero attached hydrogens (tertiary/aromatic N) is 2. The molecular formula is C15H21Cl2N3O. The van der Waals surface area contributed by atoms with Crippen molar-refractivity contribution in [1.82, 2.24) is 9.80 Å². The Morgan fingerprint density at radius 1 is 1.38 bits per heavy atom. The number of carbonyl (C=O) groups is 1. The Kier molecular flexibility index (Phi) is 5.36. The topological polar surface area (TPSA) is 49.6 Å². The zero-order valence-corrected chi connectivity index (χ0v) is 13.9. The lowest BCUT2D eigenvalue weighted by Crippen LogP contribution is -2.38. The van der Waals surface area contributed by atoms with Crippen LogP contribution in [0.1, 0.15) is 23.2 Å². The molecule has 1 amide bonds. The van der Waals surface area contributed by atoms with Crippen LogP contribution in [0.15, 0.2) is 12.1 Å². The number of hydrogen-bond acceptors (Lipinski definition) is 3. The van der Waals surface area contributed by atoms with Gasteiger partial charge < -0.3 is 15.5 Å². The Labute approximate surface area is 135 Å². The molecule has 1 aliphatic rings. The van der Waals surface area contributed by atoms with Crippen LogP contribution in [0.5, 0.6) is 0 Å². The summed E-state index contributed by atoms with van der Waals surface area (Å²) in [6.07, 6.45) is 2.22. The summed E-state index contributed by atoms with van der Waals surface area (Å²) in [4.78, 5) is 16.6. The number of benzene rings is 1. The summed E-state index contributed by atoms with van der Waals surface area (Å²) >= 11 is 12.1. The molecule has 2 N–H and O–H groups in total. The Hall–Kier alpha value is -0.970. The predicted molar refractivity (Wildman–Crippen MR) is 88.1 cm³/mol. The number of carbonyl (C=O) groups excluding carboxylic acids is 1. The summed E-state index contributed by atoms with van der Waals surface area (Å²) in [5, 5.41) is 0.582. The maximum atomic E-state index is 12.5. The number of anilines is 1. The molecule has 4 nitrogen and oxygen atoms in total. The number of halogens is 2. The van der Waals surface area contributed by atoms with Crippen LogP contribution in [0.2, 0.25) is 10.0 Å². The molecule has 0 atom stereocenters. The lowest BCUT2D eigenvalue weighted by atomic mass is 9.96. The summed E-state index contributed by atoms with van der Waals surface area (Å²) in [6.45, 7) is 2.89. The highest BCUT2D eigenvalue weighted by molar-refractivity contribution is 6.44. The van der Waals surface area contributed by atoms with E-state index in [1.54, 1.807) is 24.1 Å². The summed E-state index contributed by atoms with van der Waals surface area (Å²) in [5.41, 5.74) is 6.56. The fourth-order valence-corrected chi connectivity index (χ4v) is 3.10. The first-order valence-electron chi connectivity index (χ1n) is 7.07. The Balaban J connectivity index is 2.06. The van der Waals surface area contributed by atoms with Gasteiger partial charge in [0.15, 0.2) is 0 Å². The molecule has 21 heavy (non-hydrogen) atoms. The van der Waals surface area contributed by atoms with Crippen LogP contribution in [0.25, 0.3) is 0 Å². The van der Waals surface area contributed by atoms with Crippen molar-refractivity contribution in [2.45, 2.75) is 12.8 Å². The van der Waals surface area contributed by atoms with Crippen LogP contribution in [0.3, 0.4) is 0 Å². The zero-order valence-electron chi connectivity index (χ0n) is 12.4. The summed E-state index contributed by atoms with van der Waals surface area (Å²) in [5.74, 6) is 0.401. The second-order valence-corrected chi connectivity index (χ2v) is 6.58. The Bertz CT molecular complexity index is 528. The average Bonchev–Trinajstić information content (AvgIpc) is 2.44. The molecule has 0 spiro atoms. The summed E-state index contributed by atoms with van der Waals surface area (Å²) < 4.78 is 0. The van der Waals surface area contributed by atoms with Crippen LogP contribution >= 0.6 is 23.2 Å². The van der Waals surface area contributed by atoms with E-state index in [1.807, 2.05) is 0 Å². The fourth-order valence-electron chi connectivity index (χ4n) is 2.69. The van der Waals surface area contributed by atoms with Crippen LogP contribution < -0.4 is 5.73 Å². The number of amides is 1. The molecule has 1 aliphatic heterocycles. The minimum Gasteiger partial charge on any atom is -0.399 e. The maximum absolute atomic E-state index is 12.5. The molecule has 116 valence electrons. The summed E-state index contributed by atoms with van der Waals surface area (Å²) in [6, 6.07) is 3.14. The van der Waals surface area contributed by atoms with Crippen molar-refractivity contribution >= 4 is 34.8 Å². The van der Waals surface area contributed by atoms with Crippen LogP contribution in [-0.2, 0) is 0 Å². The number of rotatable bonds is 3. The number of nitrogen functional groups attached to an aromatic ring is 1. The first kappa shape index (κ1) is 16.4. The fraction of sp³-hybridized carbons (Fsp3) is 0.533. The molecule has 0 radical (unpaired) electrons. The molecule has 1 aromatic rings. The number of nitrogens with two attached hydrogens (primary N) is 1. The van der Waals surface area contributed by atoms with E-state index >= 15 is 0 Å². The zero-order chi connectivity index (χ0) is 15.6. The third-order valence-corrected chi connectivity index (χ3v) is 4.80. The monoisotopic (exact) mass is 329 g/mol. The number of likely N-dealkylation sites (tertiary alicyclic amines) is 1. The lowest BCUT2D eigenvalue weighted by molar-refractivity contribution is 0.0747. The highest BCUT2D eigenvalue weighted by atomic mass is 35.5. The molecule has 1 heterocycles. The van der Waals surface area contributed by atoms with Crippen molar-refractivity contribution < 1.29 is 4.79 Å². The minimum absolute atomic E-state index is 0.131. The molecule has 0 saturated carbocycles. The van der Waals surface area contributed by atoms with E-state index in [1.165, 1.54) is 0 Å². The smallest absolute Gasteiger partial charge is 0.255 e. The van der Waals surface area contributed by atoms with E-state index < -0.39 is 0 Å². The van der Waals surface area contributed by atoms with Gasteiger partial charge in [0, 0.05) is 19.3 Å². The summed E-state index contributed by atoms with van der Waals surface area (Å²) in [7, 11) is 3.92. The third-order valence-electron chi connectivity index (χ3n) is 4.00. The molecule has 1 saturated heterocycles. The quantitative estimate of drug-likeness (QED) is 0.867. The van der Waals surface area contributed by atoms with Crippen LogP contribution in [0.4, 0.5) is 5.69 Å². The highest BCUT2D eigenvalue weighted by Crippen LogP contribution is 2.30. The van der Waals surface area contributed by atoms with Gasteiger partial charge in [-0.3, -0.25) is 4.79 Å². The molecule has 0 unspecified atom stereocenters. The van der Waals surface area contributed by atoms with Crippen molar-refractivity contribution in [3.8, 4) is 0 Å². The Morgan fingerprint density at radius 3 is 2.62 bits per heavy atom. The van der Waals surface area contributed by atoms with Gasteiger partial charge in [-0.25, -0.2) is 0 Å². The van der Waals surface area contributed by atoms with Crippen molar-refractivity contribution in [2.75, 3.05) is 39.5 Å². The van der Waals surface area contributed by atoms with E-state index in [0.29, 0.717) is 22.2 Å². The van der Waals surface area contributed by atoms with Crippen molar-refractivity contribution in [1.29, 1.82) is 0 Å². The van der Waals surface area contributed by atoms with Crippen LogP contribution in [-0.4, -0.2) is 49.4 Å². The standard InChI is InChI=1S/C15H21Cl2N3O/c1-19-5-3-10(4-6-19)9-20(2)15(21)12-7-11(18)8-13(16)14(12)17/h7-8,10H,3-6,9,18H2,1-2H3. The first-order chi connectivity index (χ1) is 9.88. The van der Waals surface area contributed by atoms with Gasteiger partial charge >= 0.3 is 0 Å². The van der Waals surface area contributed by atoms with E-state index in [2.05, 4.69) is 11.9 Å². The van der Waals surface area contributed by atoms with Crippen LogP contribution in [0, 0.1) is 5.92 Å². The second kappa shape index (κ2) is 6.86. The third kappa shape index (κ3) is 4.02. The number of piperidine rings is 1. The van der Waals surface area contributed by atoms with E-state index in [0.717, 1.165) is 32.5 Å². The molecule has 1 aromatic carbocycles. The van der Waals surface area contributed by atoms with Gasteiger partial charge in [0.05, 0.1) is 15.6 Å². The predicted octanol–water partition coefficient (Wildman–Crippen LogP) is 2.99. The minimum atomic E-state index is -0.131. The highest BCUT2D eigenvalue weighted by Gasteiger charge is 2.23. The van der Waals surface area contributed by atoms with E-state index in [4.69, 9.17) is 28.9 Å². The van der Waals surface area contributed by atoms with E-state index in [9.17, 15) is 4.79 Å². The average molecular weight is 330 g/mol. The van der Waals surface area contributed by atoms with Crippen molar-refractivity contribution in [2.24, 2.45) is 5.92 Å². The van der Waals surface area contributed by atoms with Gasteiger partial charge in [0.1, 0.15) is 0 Å². The molecule has 0 bridgehead atoms. The van der Waals surface area contributed by atoms with E-state index in [-0.39, 0.29) is 10.9 Å². The van der Waals surface area contributed by atoms with Gasteiger partial charge in [-0.05, 0) is 51.0 Å².